The van der Waals surface area contributed by atoms with Gasteiger partial charge in [0.2, 0.25) is 0 Å². The maximum atomic E-state index is 9.63. The number of rotatable bonds is 1. The predicted octanol–water partition coefficient (Wildman–Crippen LogP) is 2.92. The Morgan fingerprint density at radius 1 is 1.40 bits per heavy atom. The number of hydrogen-bond donors (Lipinski definition) is 1. The molecule has 0 saturated carbocycles. The van der Waals surface area contributed by atoms with Crippen LogP contribution in [0.25, 0.3) is 0 Å². The van der Waals surface area contributed by atoms with E-state index in [1.807, 2.05) is 25.1 Å². The Morgan fingerprint density at radius 2 is 2.20 bits per heavy atom. The predicted molar refractivity (Wildman–Crippen MR) is 62.6 cm³/mol. The summed E-state index contributed by atoms with van der Waals surface area (Å²) in [4.78, 5) is 4.56. The van der Waals surface area contributed by atoms with E-state index in [2.05, 4.69) is 11.9 Å². The van der Waals surface area contributed by atoms with Crippen molar-refractivity contribution in [1.82, 2.24) is 0 Å². The van der Waals surface area contributed by atoms with Gasteiger partial charge in [-0.05, 0) is 42.9 Å². The molecule has 1 atom stereocenters. The van der Waals surface area contributed by atoms with Crippen molar-refractivity contribution in [2.75, 3.05) is 6.54 Å². The Hall–Kier alpha value is -1.31. The topological polar surface area (TPSA) is 32.6 Å². The molecule has 0 fully saturated rings. The first-order valence-electron chi connectivity index (χ1n) is 5.50. The van der Waals surface area contributed by atoms with Crippen LogP contribution in [0.3, 0.4) is 0 Å². The number of aromatic hydroxyl groups is 1. The number of phenolic OH excluding ortho intramolecular Hbond substituents is 1. The fourth-order valence-electron chi connectivity index (χ4n) is 1.84. The Kier molecular flexibility index (Phi) is 2.76. The highest BCUT2D eigenvalue weighted by Crippen LogP contribution is 2.22. The summed E-state index contributed by atoms with van der Waals surface area (Å²) in [5.41, 5.74) is 3.14. The number of nitrogens with zero attached hydrogens (tertiary/aromatic N) is 1. The molecule has 1 heterocycles. The second-order valence-corrected chi connectivity index (χ2v) is 4.43. The molecular weight excluding hydrogens is 186 g/mol. The Bertz CT molecular complexity index is 396. The van der Waals surface area contributed by atoms with Crippen LogP contribution in [0.5, 0.6) is 5.75 Å². The maximum absolute atomic E-state index is 9.63. The monoisotopic (exact) mass is 203 g/mol. The highest BCUT2D eigenvalue weighted by Gasteiger charge is 2.13. The lowest BCUT2D eigenvalue weighted by Gasteiger charge is -2.17. The van der Waals surface area contributed by atoms with E-state index < -0.39 is 0 Å². The maximum Gasteiger partial charge on any atom is 0.119 e. The number of phenols is 1. The fraction of sp³-hybridized carbons (Fsp3) is 0.462. The van der Waals surface area contributed by atoms with E-state index in [9.17, 15) is 5.11 Å². The van der Waals surface area contributed by atoms with Crippen LogP contribution in [0, 0.1) is 12.8 Å². The molecule has 0 saturated heterocycles. The minimum absolute atomic E-state index is 0.369. The summed E-state index contributed by atoms with van der Waals surface area (Å²) in [5, 5.41) is 9.63. The minimum atomic E-state index is 0.369. The van der Waals surface area contributed by atoms with Crippen molar-refractivity contribution < 1.29 is 5.11 Å². The van der Waals surface area contributed by atoms with Gasteiger partial charge in [0.1, 0.15) is 5.75 Å². The summed E-state index contributed by atoms with van der Waals surface area (Å²) in [6, 6.07) is 5.82. The van der Waals surface area contributed by atoms with E-state index in [4.69, 9.17) is 0 Å². The minimum Gasteiger partial charge on any atom is -0.508 e. The molecule has 2 rings (SSSR count). The summed E-state index contributed by atoms with van der Waals surface area (Å²) in [5.74, 6) is 1.07. The zero-order valence-corrected chi connectivity index (χ0v) is 9.33. The van der Waals surface area contributed by atoms with Crippen LogP contribution in [0.4, 0.5) is 0 Å². The van der Waals surface area contributed by atoms with Gasteiger partial charge in [-0.1, -0.05) is 19.1 Å². The number of benzene rings is 1. The molecule has 0 bridgehead atoms. The summed E-state index contributed by atoms with van der Waals surface area (Å²) in [7, 11) is 0. The van der Waals surface area contributed by atoms with Crippen molar-refractivity contribution in [2.24, 2.45) is 10.9 Å². The van der Waals surface area contributed by atoms with Crippen molar-refractivity contribution in [2.45, 2.75) is 26.7 Å². The zero-order chi connectivity index (χ0) is 10.8. The smallest absolute Gasteiger partial charge is 0.119 e. The third kappa shape index (κ3) is 2.20. The van der Waals surface area contributed by atoms with E-state index in [0.29, 0.717) is 11.7 Å². The van der Waals surface area contributed by atoms with Gasteiger partial charge in [-0.15, -0.1) is 0 Å². The first kappa shape index (κ1) is 10.2. The van der Waals surface area contributed by atoms with Crippen LogP contribution in [-0.4, -0.2) is 17.4 Å². The van der Waals surface area contributed by atoms with Crippen molar-refractivity contribution in [3.63, 3.8) is 0 Å². The Balaban J connectivity index is 2.26. The van der Waals surface area contributed by atoms with Gasteiger partial charge in [0.25, 0.3) is 0 Å². The second-order valence-electron chi connectivity index (χ2n) is 4.43. The molecule has 0 aromatic heterocycles. The zero-order valence-electron chi connectivity index (χ0n) is 9.33. The molecule has 2 heteroatoms. The van der Waals surface area contributed by atoms with Gasteiger partial charge in [0.05, 0.1) is 0 Å². The van der Waals surface area contributed by atoms with E-state index in [0.717, 1.165) is 29.8 Å². The van der Waals surface area contributed by atoms with Gasteiger partial charge >= 0.3 is 0 Å². The molecular formula is C13H17NO. The van der Waals surface area contributed by atoms with E-state index >= 15 is 0 Å². The van der Waals surface area contributed by atoms with Crippen LogP contribution in [0.2, 0.25) is 0 Å². The molecule has 1 unspecified atom stereocenters. The SMILES string of the molecule is Cc1ccc(C2=NCC(C)CC2)cc1O. The molecule has 1 aromatic carbocycles. The number of aryl methyl sites for hydroxylation is 1. The fourth-order valence-corrected chi connectivity index (χ4v) is 1.84. The van der Waals surface area contributed by atoms with Crippen LogP contribution in [0.15, 0.2) is 23.2 Å². The van der Waals surface area contributed by atoms with Gasteiger partial charge in [-0.3, -0.25) is 4.99 Å². The quantitative estimate of drug-likeness (QED) is 0.747. The molecule has 0 aliphatic carbocycles. The number of hydrogen-bond acceptors (Lipinski definition) is 2. The lowest BCUT2D eigenvalue weighted by atomic mass is 9.95. The van der Waals surface area contributed by atoms with Gasteiger partial charge in [0, 0.05) is 12.3 Å². The molecule has 0 spiro atoms. The van der Waals surface area contributed by atoms with Crippen molar-refractivity contribution in [3.05, 3.63) is 29.3 Å². The third-order valence-corrected chi connectivity index (χ3v) is 3.01. The molecule has 15 heavy (non-hydrogen) atoms. The van der Waals surface area contributed by atoms with Crippen molar-refractivity contribution in [3.8, 4) is 5.75 Å². The molecule has 1 N–H and O–H groups in total. The summed E-state index contributed by atoms with van der Waals surface area (Å²) in [6.45, 7) is 5.06. The highest BCUT2D eigenvalue weighted by atomic mass is 16.3. The van der Waals surface area contributed by atoms with Crippen LogP contribution in [-0.2, 0) is 0 Å². The number of aliphatic imine (C=N–C) groups is 1. The second kappa shape index (κ2) is 4.05. The highest BCUT2D eigenvalue weighted by molar-refractivity contribution is 6.01. The lowest BCUT2D eigenvalue weighted by Crippen LogP contribution is -2.14. The largest absolute Gasteiger partial charge is 0.508 e. The normalized spacial score (nSPS) is 21.2. The molecule has 2 nitrogen and oxygen atoms in total. The Labute approximate surface area is 90.7 Å². The molecule has 80 valence electrons. The van der Waals surface area contributed by atoms with Gasteiger partial charge in [0.15, 0.2) is 0 Å². The summed E-state index contributed by atoms with van der Waals surface area (Å²) in [6.07, 6.45) is 2.23. The van der Waals surface area contributed by atoms with E-state index in [-0.39, 0.29) is 0 Å². The lowest BCUT2D eigenvalue weighted by molar-refractivity contribution is 0.471. The average molecular weight is 203 g/mol. The third-order valence-electron chi connectivity index (χ3n) is 3.01. The molecule has 1 aliphatic rings. The van der Waals surface area contributed by atoms with E-state index in [1.165, 1.54) is 6.42 Å². The average Bonchev–Trinajstić information content (AvgIpc) is 2.23. The summed E-state index contributed by atoms with van der Waals surface area (Å²) >= 11 is 0. The van der Waals surface area contributed by atoms with Gasteiger partial charge < -0.3 is 5.11 Å². The molecule has 0 radical (unpaired) electrons. The first-order chi connectivity index (χ1) is 7.16. The van der Waals surface area contributed by atoms with Gasteiger partial charge in [-0.2, -0.15) is 0 Å². The Morgan fingerprint density at radius 3 is 2.80 bits per heavy atom. The molecule has 1 aromatic rings. The molecule has 1 aliphatic heterocycles. The first-order valence-corrected chi connectivity index (χ1v) is 5.50. The van der Waals surface area contributed by atoms with Crippen LogP contribution in [0.1, 0.15) is 30.9 Å². The summed E-state index contributed by atoms with van der Waals surface area (Å²) < 4.78 is 0. The standard InChI is InChI=1S/C13H17NO/c1-9-3-6-12(14-8-9)11-5-4-10(2)13(15)7-11/h4-5,7,9,15H,3,6,8H2,1-2H3. The van der Waals surface area contributed by atoms with Crippen LogP contribution < -0.4 is 0 Å². The van der Waals surface area contributed by atoms with Crippen LogP contribution >= 0.6 is 0 Å². The van der Waals surface area contributed by atoms with Crippen molar-refractivity contribution >= 4 is 5.71 Å². The van der Waals surface area contributed by atoms with E-state index in [1.54, 1.807) is 0 Å². The van der Waals surface area contributed by atoms with Crippen molar-refractivity contribution in [1.29, 1.82) is 0 Å². The molecule has 0 amide bonds. The van der Waals surface area contributed by atoms with Gasteiger partial charge in [-0.25, -0.2) is 0 Å².